The number of hydrogen-bond acceptors (Lipinski definition) is 3. The molecule has 1 aromatic carbocycles. The van der Waals surface area contributed by atoms with Gasteiger partial charge in [-0.15, -0.1) is 0 Å². The zero-order valence-corrected chi connectivity index (χ0v) is 8.55. The van der Waals surface area contributed by atoms with Crippen LogP contribution in [0.4, 0.5) is 0 Å². The number of aromatic nitrogens is 1. The Morgan fingerprint density at radius 3 is 2.81 bits per heavy atom. The van der Waals surface area contributed by atoms with Crippen molar-refractivity contribution in [3.63, 3.8) is 0 Å². The predicted molar refractivity (Wildman–Crippen MR) is 59.0 cm³/mol. The summed E-state index contributed by atoms with van der Waals surface area (Å²) in [7, 11) is 0. The highest BCUT2D eigenvalue weighted by atomic mass is 16.5. The zero-order valence-electron chi connectivity index (χ0n) is 8.55. The smallest absolute Gasteiger partial charge is 0.303 e. The normalized spacial score (nSPS) is 10.6. The fourth-order valence-corrected chi connectivity index (χ4v) is 1.77. The summed E-state index contributed by atoms with van der Waals surface area (Å²) < 4.78 is 1.46. The van der Waals surface area contributed by atoms with Gasteiger partial charge in [0.15, 0.2) is 0 Å². The number of benzene rings is 1. The Labute approximate surface area is 91.9 Å². The molecule has 2 rings (SSSR count). The van der Waals surface area contributed by atoms with Gasteiger partial charge in [0.05, 0.1) is 5.52 Å². The number of fused-ring (bicyclic) bond motifs is 1. The van der Waals surface area contributed by atoms with Crippen molar-refractivity contribution in [2.24, 2.45) is 0 Å². The van der Waals surface area contributed by atoms with Crippen LogP contribution in [0.1, 0.15) is 12.0 Å². The van der Waals surface area contributed by atoms with Crippen molar-refractivity contribution in [2.75, 3.05) is 5.59 Å². The third-order valence-electron chi connectivity index (χ3n) is 2.51. The number of hydrogen-bond donors (Lipinski definition) is 3. The van der Waals surface area contributed by atoms with Crippen LogP contribution in [0.2, 0.25) is 0 Å². The van der Waals surface area contributed by atoms with Crippen LogP contribution >= 0.6 is 0 Å². The number of para-hydroxylation sites is 1. The minimum Gasteiger partial charge on any atom is -0.481 e. The Hall–Kier alpha value is -2.01. The first kappa shape index (κ1) is 10.5. The van der Waals surface area contributed by atoms with E-state index >= 15 is 0 Å². The van der Waals surface area contributed by atoms with E-state index in [2.05, 4.69) is 0 Å². The minimum atomic E-state index is -0.825. The molecule has 0 atom stereocenters. The SMILES string of the molecule is O=C(O)CCc1cn(NO)c2ccccc12. The fraction of sp³-hybridized carbons (Fsp3) is 0.182. The van der Waals surface area contributed by atoms with Gasteiger partial charge in [0.25, 0.3) is 0 Å². The molecule has 0 spiro atoms. The highest BCUT2D eigenvalue weighted by Crippen LogP contribution is 2.21. The summed E-state index contributed by atoms with van der Waals surface area (Å²) in [5.74, 6) is -0.825. The largest absolute Gasteiger partial charge is 0.481 e. The molecule has 0 radical (unpaired) electrons. The highest BCUT2D eigenvalue weighted by molar-refractivity contribution is 5.84. The Kier molecular flexibility index (Phi) is 2.78. The molecule has 16 heavy (non-hydrogen) atoms. The summed E-state index contributed by atoms with van der Waals surface area (Å²) in [4.78, 5) is 10.5. The van der Waals surface area contributed by atoms with E-state index in [-0.39, 0.29) is 6.42 Å². The van der Waals surface area contributed by atoms with E-state index in [0.29, 0.717) is 6.42 Å². The van der Waals surface area contributed by atoms with Gasteiger partial charge >= 0.3 is 5.97 Å². The van der Waals surface area contributed by atoms with Crippen LogP contribution in [-0.4, -0.2) is 21.0 Å². The lowest BCUT2D eigenvalue weighted by Crippen LogP contribution is -2.07. The first-order chi connectivity index (χ1) is 7.72. The molecule has 0 aliphatic heterocycles. The zero-order chi connectivity index (χ0) is 11.5. The van der Waals surface area contributed by atoms with Gasteiger partial charge < -0.3 is 5.11 Å². The van der Waals surface area contributed by atoms with Crippen molar-refractivity contribution in [2.45, 2.75) is 12.8 Å². The third kappa shape index (κ3) is 1.85. The maximum atomic E-state index is 10.5. The molecule has 0 aliphatic rings. The number of carbonyl (C=O) groups is 1. The Balaban J connectivity index is 2.41. The summed E-state index contributed by atoms with van der Waals surface area (Å²) in [5.41, 5.74) is 3.77. The van der Waals surface area contributed by atoms with Crippen molar-refractivity contribution >= 4 is 16.9 Å². The van der Waals surface area contributed by atoms with Crippen molar-refractivity contribution in [1.82, 2.24) is 4.68 Å². The third-order valence-corrected chi connectivity index (χ3v) is 2.51. The first-order valence-corrected chi connectivity index (χ1v) is 4.93. The monoisotopic (exact) mass is 220 g/mol. The number of carboxylic acids is 1. The minimum absolute atomic E-state index is 0.0828. The maximum Gasteiger partial charge on any atom is 0.303 e. The fourth-order valence-electron chi connectivity index (χ4n) is 1.77. The summed E-state index contributed by atoms with van der Waals surface area (Å²) >= 11 is 0. The lowest BCUT2D eigenvalue weighted by atomic mass is 10.1. The molecule has 84 valence electrons. The molecule has 0 saturated carbocycles. The Bertz CT molecular complexity index is 519. The average Bonchev–Trinajstić information content (AvgIpc) is 2.65. The van der Waals surface area contributed by atoms with Gasteiger partial charge in [-0.05, 0) is 18.1 Å². The van der Waals surface area contributed by atoms with E-state index in [4.69, 9.17) is 10.3 Å². The van der Waals surface area contributed by atoms with Crippen LogP contribution < -0.4 is 5.59 Å². The van der Waals surface area contributed by atoms with Crippen LogP contribution in [0.25, 0.3) is 10.9 Å². The van der Waals surface area contributed by atoms with Gasteiger partial charge in [0, 0.05) is 18.0 Å². The molecule has 0 bridgehead atoms. The van der Waals surface area contributed by atoms with Gasteiger partial charge in [0.2, 0.25) is 0 Å². The van der Waals surface area contributed by atoms with Gasteiger partial charge in [-0.25, -0.2) is 10.3 Å². The van der Waals surface area contributed by atoms with Crippen LogP contribution in [0, 0.1) is 0 Å². The molecule has 0 amide bonds. The molecule has 1 heterocycles. The summed E-state index contributed by atoms with van der Waals surface area (Å²) in [6, 6.07) is 7.49. The van der Waals surface area contributed by atoms with Crippen molar-refractivity contribution in [3.8, 4) is 0 Å². The van der Waals surface area contributed by atoms with Crippen molar-refractivity contribution in [1.29, 1.82) is 0 Å². The van der Waals surface area contributed by atoms with E-state index < -0.39 is 5.97 Å². The topological polar surface area (TPSA) is 74.5 Å². The van der Waals surface area contributed by atoms with Gasteiger partial charge in [-0.3, -0.25) is 10.0 Å². The number of rotatable bonds is 4. The molecule has 0 aliphatic carbocycles. The number of nitrogens with zero attached hydrogens (tertiary/aromatic N) is 1. The average molecular weight is 220 g/mol. The van der Waals surface area contributed by atoms with Crippen molar-refractivity contribution < 1.29 is 15.1 Å². The number of aryl methyl sites for hydroxylation is 1. The number of carboxylic acid groups (broad SMARTS) is 1. The quantitative estimate of drug-likeness (QED) is 0.684. The molecule has 0 unspecified atom stereocenters. The predicted octanol–water partition coefficient (Wildman–Crippen LogP) is 1.59. The molecule has 2 aromatic rings. The Morgan fingerprint density at radius 2 is 2.12 bits per heavy atom. The second kappa shape index (κ2) is 4.24. The lowest BCUT2D eigenvalue weighted by Gasteiger charge is -1.99. The molecule has 3 N–H and O–H groups in total. The van der Waals surface area contributed by atoms with Gasteiger partial charge in [0.1, 0.15) is 0 Å². The molecular weight excluding hydrogens is 208 g/mol. The molecular formula is C11H12N2O3. The van der Waals surface area contributed by atoms with E-state index in [9.17, 15) is 4.79 Å². The summed E-state index contributed by atoms with van der Waals surface area (Å²) in [6.07, 6.45) is 2.23. The summed E-state index contributed by atoms with van der Waals surface area (Å²) in [6.45, 7) is 0. The molecule has 5 heteroatoms. The molecule has 5 nitrogen and oxygen atoms in total. The summed E-state index contributed by atoms with van der Waals surface area (Å²) in [5, 5.41) is 18.5. The van der Waals surface area contributed by atoms with Crippen LogP contribution in [0.3, 0.4) is 0 Å². The van der Waals surface area contributed by atoms with E-state index in [0.717, 1.165) is 16.5 Å². The van der Waals surface area contributed by atoms with E-state index in [1.807, 2.05) is 29.9 Å². The van der Waals surface area contributed by atoms with Crippen LogP contribution in [0.15, 0.2) is 30.5 Å². The number of nitrogens with one attached hydrogen (secondary N) is 1. The second-order valence-corrected chi connectivity index (χ2v) is 3.54. The van der Waals surface area contributed by atoms with Gasteiger partial charge in [-0.2, -0.15) is 0 Å². The van der Waals surface area contributed by atoms with Gasteiger partial charge in [-0.1, -0.05) is 18.2 Å². The second-order valence-electron chi connectivity index (χ2n) is 3.54. The number of aliphatic carboxylic acids is 1. The molecule has 1 aromatic heterocycles. The van der Waals surface area contributed by atoms with E-state index in [1.165, 1.54) is 4.68 Å². The molecule has 0 saturated heterocycles. The van der Waals surface area contributed by atoms with Crippen LogP contribution in [-0.2, 0) is 11.2 Å². The maximum absolute atomic E-state index is 10.5. The van der Waals surface area contributed by atoms with Crippen molar-refractivity contribution in [3.05, 3.63) is 36.0 Å². The highest BCUT2D eigenvalue weighted by Gasteiger charge is 2.08. The lowest BCUT2D eigenvalue weighted by molar-refractivity contribution is -0.136. The van der Waals surface area contributed by atoms with Crippen LogP contribution in [0.5, 0.6) is 0 Å². The Morgan fingerprint density at radius 1 is 1.38 bits per heavy atom. The van der Waals surface area contributed by atoms with E-state index in [1.54, 1.807) is 6.20 Å². The standard InChI is InChI=1S/C11H12N2O3/c14-11(15)6-5-8-7-13(12-16)10-4-2-1-3-9(8)10/h1-4,7,12,16H,5-6H2,(H,14,15). The first-order valence-electron chi connectivity index (χ1n) is 4.93. The molecule has 0 fully saturated rings.